The van der Waals surface area contributed by atoms with E-state index in [0.29, 0.717) is 11.6 Å². The summed E-state index contributed by atoms with van der Waals surface area (Å²) in [4.78, 5) is 2.05. The Labute approximate surface area is 93.9 Å². The van der Waals surface area contributed by atoms with Crippen molar-refractivity contribution >= 4 is 17.3 Å². The fourth-order valence-corrected chi connectivity index (χ4v) is 2.22. The molecule has 2 N–H and O–H groups in total. The first-order chi connectivity index (χ1) is 7.16. The number of piperidine rings is 1. The van der Waals surface area contributed by atoms with Gasteiger partial charge in [-0.05, 0) is 25.0 Å². The molecule has 1 heterocycles. The second kappa shape index (κ2) is 4.29. The third-order valence-corrected chi connectivity index (χ3v) is 2.97. The highest BCUT2D eigenvalue weighted by Gasteiger charge is 2.19. The molecule has 1 aliphatic rings. The predicted octanol–water partition coefficient (Wildman–Crippen LogP) is 2.01. The van der Waals surface area contributed by atoms with Gasteiger partial charge in [-0.15, -0.1) is 0 Å². The summed E-state index contributed by atoms with van der Waals surface area (Å²) in [5, 5.41) is 19.3. The van der Waals surface area contributed by atoms with Gasteiger partial charge in [0.25, 0.3) is 0 Å². The summed E-state index contributed by atoms with van der Waals surface area (Å²) in [6, 6.07) is 4.93. The van der Waals surface area contributed by atoms with Crippen LogP contribution in [-0.4, -0.2) is 29.4 Å². The van der Waals surface area contributed by atoms with Gasteiger partial charge in [0.1, 0.15) is 5.75 Å². The van der Waals surface area contributed by atoms with E-state index >= 15 is 0 Å². The van der Waals surface area contributed by atoms with Gasteiger partial charge < -0.3 is 15.1 Å². The van der Waals surface area contributed by atoms with Crippen LogP contribution in [0.5, 0.6) is 5.75 Å². The monoisotopic (exact) mass is 227 g/mol. The molecule has 82 valence electrons. The van der Waals surface area contributed by atoms with Crippen molar-refractivity contribution in [2.24, 2.45) is 0 Å². The third kappa shape index (κ3) is 2.36. The Morgan fingerprint density at radius 3 is 2.87 bits per heavy atom. The summed E-state index contributed by atoms with van der Waals surface area (Å²) in [5.41, 5.74) is 0.883. The summed E-state index contributed by atoms with van der Waals surface area (Å²) in [6.07, 6.45) is 1.55. The molecular formula is C11H14ClNO2. The van der Waals surface area contributed by atoms with Crippen LogP contribution in [0.1, 0.15) is 12.8 Å². The lowest BCUT2D eigenvalue weighted by atomic mass is 10.1. The number of β-amino-alcohol motifs (C(OH)–C–C–N with tert-alkyl or cyclic N) is 1. The number of hydrogen-bond acceptors (Lipinski definition) is 3. The van der Waals surface area contributed by atoms with Crippen molar-refractivity contribution < 1.29 is 10.2 Å². The fraction of sp³-hybridized carbons (Fsp3) is 0.455. The quantitative estimate of drug-likeness (QED) is 0.772. The van der Waals surface area contributed by atoms with Crippen LogP contribution in [0.25, 0.3) is 0 Å². The fourth-order valence-electron chi connectivity index (χ4n) is 1.93. The minimum Gasteiger partial charge on any atom is -0.508 e. The molecule has 0 aromatic heterocycles. The average Bonchev–Trinajstić information content (AvgIpc) is 2.17. The van der Waals surface area contributed by atoms with Crippen molar-refractivity contribution in [1.29, 1.82) is 0 Å². The minimum atomic E-state index is -0.274. The maximum atomic E-state index is 9.55. The zero-order valence-corrected chi connectivity index (χ0v) is 9.11. The van der Waals surface area contributed by atoms with E-state index < -0.39 is 0 Å². The lowest BCUT2D eigenvalue weighted by Gasteiger charge is -2.32. The summed E-state index contributed by atoms with van der Waals surface area (Å²) in [7, 11) is 0. The maximum absolute atomic E-state index is 9.55. The van der Waals surface area contributed by atoms with E-state index in [-0.39, 0.29) is 11.9 Å². The molecule has 0 aliphatic carbocycles. The van der Waals surface area contributed by atoms with Crippen LogP contribution in [0.15, 0.2) is 18.2 Å². The van der Waals surface area contributed by atoms with E-state index in [1.165, 1.54) is 6.07 Å². The van der Waals surface area contributed by atoms with Gasteiger partial charge in [0.2, 0.25) is 0 Å². The van der Waals surface area contributed by atoms with Crippen LogP contribution in [0.2, 0.25) is 5.02 Å². The van der Waals surface area contributed by atoms with Crippen molar-refractivity contribution in [1.82, 2.24) is 0 Å². The molecule has 0 radical (unpaired) electrons. The summed E-state index contributed by atoms with van der Waals surface area (Å²) in [5.74, 6) is 0.168. The number of phenolic OH excluding ortho intramolecular Hbond substituents is 1. The lowest BCUT2D eigenvalue weighted by molar-refractivity contribution is 0.154. The number of aromatic hydroxyl groups is 1. The second-order valence-electron chi connectivity index (χ2n) is 3.88. The van der Waals surface area contributed by atoms with E-state index in [4.69, 9.17) is 11.6 Å². The third-order valence-electron chi connectivity index (χ3n) is 2.67. The highest BCUT2D eigenvalue weighted by atomic mass is 35.5. The van der Waals surface area contributed by atoms with Crippen LogP contribution in [-0.2, 0) is 0 Å². The first-order valence-corrected chi connectivity index (χ1v) is 5.46. The van der Waals surface area contributed by atoms with E-state index in [0.717, 1.165) is 25.1 Å². The molecule has 0 bridgehead atoms. The SMILES string of the molecule is Oc1ccc(N2CCCC(O)C2)c(Cl)c1. The topological polar surface area (TPSA) is 43.7 Å². The number of benzene rings is 1. The summed E-state index contributed by atoms with van der Waals surface area (Å²) < 4.78 is 0. The summed E-state index contributed by atoms with van der Waals surface area (Å²) >= 11 is 6.03. The Balaban J connectivity index is 2.21. The molecule has 4 heteroatoms. The van der Waals surface area contributed by atoms with Crippen molar-refractivity contribution in [3.63, 3.8) is 0 Å². The Morgan fingerprint density at radius 2 is 2.20 bits per heavy atom. The average molecular weight is 228 g/mol. The Hall–Kier alpha value is -0.930. The van der Waals surface area contributed by atoms with Gasteiger partial charge in [0.05, 0.1) is 16.8 Å². The Kier molecular flexibility index (Phi) is 3.03. The van der Waals surface area contributed by atoms with Gasteiger partial charge in [-0.3, -0.25) is 0 Å². The zero-order valence-electron chi connectivity index (χ0n) is 8.36. The molecule has 1 aliphatic heterocycles. The molecule has 15 heavy (non-hydrogen) atoms. The minimum absolute atomic E-state index is 0.168. The van der Waals surface area contributed by atoms with Crippen LogP contribution >= 0.6 is 11.6 Å². The van der Waals surface area contributed by atoms with Crippen molar-refractivity contribution in [2.75, 3.05) is 18.0 Å². The first kappa shape index (κ1) is 10.6. The van der Waals surface area contributed by atoms with Gasteiger partial charge in [-0.1, -0.05) is 11.6 Å². The number of hydrogen-bond donors (Lipinski definition) is 2. The number of rotatable bonds is 1. The van der Waals surface area contributed by atoms with Crippen LogP contribution in [0.3, 0.4) is 0 Å². The van der Waals surface area contributed by atoms with E-state index in [2.05, 4.69) is 4.90 Å². The van der Waals surface area contributed by atoms with Crippen molar-refractivity contribution in [3.8, 4) is 5.75 Å². The highest BCUT2D eigenvalue weighted by molar-refractivity contribution is 6.33. The normalized spacial score (nSPS) is 21.7. The summed E-state index contributed by atoms with van der Waals surface area (Å²) in [6.45, 7) is 1.52. The van der Waals surface area contributed by atoms with Crippen LogP contribution in [0, 0.1) is 0 Å². The molecule has 3 nitrogen and oxygen atoms in total. The lowest BCUT2D eigenvalue weighted by Crippen LogP contribution is -2.38. The van der Waals surface area contributed by atoms with E-state index in [1.807, 2.05) is 0 Å². The molecule has 0 saturated carbocycles. The van der Waals surface area contributed by atoms with Crippen LogP contribution in [0.4, 0.5) is 5.69 Å². The number of anilines is 1. The second-order valence-corrected chi connectivity index (χ2v) is 4.28. The number of halogens is 1. The molecule has 2 rings (SSSR count). The van der Waals surface area contributed by atoms with E-state index in [1.54, 1.807) is 12.1 Å². The van der Waals surface area contributed by atoms with Gasteiger partial charge in [0.15, 0.2) is 0 Å². The Morgan fingerprint density at radius 1 is 1.40 bits per heavy atom. The predicted molar refractivity (Wildman–Crippen MR) is 60.6 cm³/mol. The van der Waals surface area contributed by atoms with Crippen molar-refractivity contribution in [3.05, 3.63) is 23.2 Å². The van der Waals surface area contributed by atoms with Crippen LogP contribution < -0.4 is 4.90 Å². The Bertz CT molecular complexity index is 356. The maximum Gasteiger partial charge on any atom is 0.117 e. The molecular weight excluding hydrogens is 214 g/mol. The number of aliphatic hydroxyl groups excluding tert-OH is 1. The van der Waals surface area contributed by atoms with Gasteiger partial charge >= 0.3 is 0 Å². The van der Waals surface area contributed by atoms with Gasteiger partial charge in [-0.2, -0.15) is 0 Å². The molecule has 1 saturated heterocycles. The number of nitrogens with zero attached hydrogens (tertiary/aromatic N) is 1. The molecule has 0 spiro atoms. The molecule has 1 atom stereocenters. The molecule has 1 unspecified atom stereocenters. The molecule has 0 amide bonds. The molecule has 1 aromatic rings. The molecule has 1 fully saturated rings. The highest BCUT2D eigenvalue weighted by Crippen LogP contribution is 2.31. The standard InChI is InChI=1S/C11H14ClNO2/c12-10-6-8(14)3-4-11(10)13-5-1-2-9(15)7-13/h3-4,6,9,14-15H,1-2,5,7H2. The number of aliphatic hydroxyl groups is 1. The largest absolute Gasteiger partial charge is 0.508 e. The number of phenols is 1. The smallest absolute Gasteiger partial charge is 0.117 e. The van der Waals surface area contributed by atoms with Gasteiger partial charge in [-0.25, -0.2) is 0 Å². The molecule has 1 aromatic carbocycles. The first-order valence-electron chi connectivity index (χ1n) is 5.08. The van der Waals surface area contributed by atoms with Gasteiger partial charge in [0, 0.05) is 19.2 Å². The van der Waals surface area contributed by atoms with Crippen molar-refractivity contribution in [2.45, 2.75) is 18.9 Å². The van der Waals surface area contributed by atoms with E-state index in [9.17, 15) is 10.2 Å². The zero-order chi connectivity index (χ0) is 10.8.